The predicted octanol–water partition coefficient (Wildman–Crippen LogP) is 4.39. The minimum Gasteiger partial charge on any atom is -0.460 e. The molecule has 0 saturated heterocycles. The Hall–Kier alpha value is -3.84. The number of nitro benzene ring substituents is 1. The van der Waals surface area contributed by atoms with E-state index in [9.17, 15) is 33.2 Å². The van der Waals surface area contributed by atoms with Crippen LogP contribution >= 0.6 is 0 Å². The summed E-state index contributed by atoms with van der Waals surface area (Å²) in [4.78, 5) is 40.7. The van der Waals surface area contributed by atoms with Gasteiger partial charge in [0, 0.05) is 24.5 Å². The van der Waals surface area contributed by atoms with Crippen LogP contribution in [0.5, 0.6) is 0 Å². The van der Waals surface area contributed by atoms with Crippen molar-refractivity contribution < 1.29 is 37.5 Å². The highest BCUT2D eigenvalue weighted by atomic mass is 32.2. The quantitative estimate of drug-likeness (QED) is 0.259. The highest BCUT2D eigenvalue weighted by Crippen LogP contribution is 2.48. The van der Waals surface area contributed by atoms with Crippen molar-refractivity contribution in [2.24, 2.45) is 16.9 Å². The molecule has 2 N–H and O–H groups in total. The van der Waals surface area contributed by atoms with Gasteiger partial charge in [-0.1, -0.05) is 29.8 Å². The van der Waals surface area contributed by atoms with Crippen molar-refractivity contribution in [1.82, 2.24) is 4.83 Å². The molecule has 0 aromatic heterocycles. The van der Waals surface area contributed by atoms with E-state index in [0.29, 0.717) is 0 Å². The fourth-order valence-electron chi connectivity index (χ4n) is 5.02. The first-order chi connectivity index (χ1) is 19.6. The highest BCUT2D eigenvalue weighted by Gasteiger charge is 2.57. The second-order valence-corrected chi connectivity index (χ2v) is 14.6. The van der Waals surface area contributed by atoms with Crippen molar-refractivity contribution in [3.05, 3.63) is 69.8 Å². The third-order valence-corrected chi connectivity index (χ3v) is 7.94. The van der Waals surface area contributed by atoms with Crippen LogP contribution < -0.4 is 4.83 Å². The lowest BCUT2D eigenvalue weighted by Crippen LogP contribution is -2.56. The minimum atomic E-state index is -4.20. The lowest BCUT2D eigenvalue weighted by molar-refractivity contribution is -0.385. The molecule has 0 heterocycles. The number of aryl methyl sites for hydroxylation is 1. The average Bonchev–Trinajstić information content (AvgIpc) is 2.84. The van der Waals surface area contributed by atoms with Gasteiger partial charge in [0.05, 0.1) is 27.0 Å². The molecule has 12 nitrogen and oxygen atoms in total. The summed E-state index contributed by atoms with van der Waals surface area (Å²) in [7, 11) is -4.20. The molecular weight excluding hydrogens is 578 g/mol. The lowest BCUT2D eigenvalue weighted by Gasteiger charge is -2.46. The molecule has 2 aromatic carbocycles. The maximum absolute atomic E-state index is 13.9. The SMILES string of the molecule is Cc1ccc(S(=O)(=O)N/N=C2/C[C@](C)(O)[C@H](C(=O)OC(C)(C)C)[C@@H](c3cccc([N+](=O)[O-])c3)[C@H]2C(=O)OC(C)(C)C)cc1. The smallest absolute Gasteiger partial charge is 0.315 e. The molecule has 0 radical (unpaired) electrons. The van der Waals surface area contributed by atoms with Crippen LogP contribution in [-0.2, 0) is 29.1 Å². The van der Waals surface area contributed by atoms with Crippen molar-refractivity contribution >= 4 is 33.4 Å². The van der Waals surface area contributed by atoms with Gasteiger partial charge in [-0.3, -0.25) is 19.7 Å². The lowest BCUT2D eigenvalue weighted by atomic mass is 9.61. The van der Waals surface area contributed by atoms with E-state index >= 15 is 0 Å². The Bertz CT molecular complexity index is 1520. The van der Waals surface area contributed by atoms with Gasteiger partial charge >= 0.3 is 11.9 Å². The van der Waals surface area contributed by atoms with Gasteiger partial charge in [-0.25, -0.2) is 4.83 Å². The number of nitro groups is 1. The monoisotopic (exact) mass is 617 g/mol. The molecule has 0 aliphatic heterocycles. The second-order valence-electron chi connectivity index (χ2n) is 12.9. The fourth-order valence-corrected chi connectivity index (χ4v) is 5.85. The van der Waals surface area contributed by atoms with E-state index in [4.69, 9.17) is 9.47 Å². The Balaban J connectivity index is 2.27. The predicted molar refractivity (Wildman–Crippen MR) is 159 cm³/mol. The Labute approximate surface area is 251 Å². The van der Waals surface area contributed by atoms with Gasteiger partial charge in [-0.15, -0.1) is 0 Å². The number of rotatable bonds is 7. The molecule has 1 fully saturated rings. The van der Waals surface area contributed by atoms with Gasteiger partial charge < -0.3 is 14.6 Å². The van der Waals surface area contributed by atoms with Gasteiger partial charge in [0.15, 0.2) is 0 Å². The van der Waals surface area contributed by atoms with Crippen LogP contribution in [-0.4, -0.2) is 52.9 Å². The summed E-state index contributed by atoms with van der Waals surface area (Å²) in [5, 5.41) is 27.5. The summed E-state index contributed by atoms with van der Waals surface area (Å²) in [6.45, 7) is 13.0. The Morgan fingerprint density at radius 2 is 1.58 bits per heavy atom. The third kappa shape index (κ3) is 8.38. The number of benzene rings is 2. The summed E-state index contributed by atoms with van der Waals surface area (Å²) in [6, 6.07) is 11.3. The molecule has 0 bridgehead atoms. The average molecular weight is 618 g/mol. The maximum atomic E-state index is 13.9. The number of carbonyl (C=O) groups is 2. The molecule has 234 valence electrons. The van der Waals surface area contributed by atoms with Crippen LogP contribution in [0.2, 0.25) is 0 Å². The number of hydrogen-bond donors (Lipinski definition) is 2. The van der Waals surface area contributed by atoms with Gasteiger partial charge in [-0.05, 0) is 73.1 Å². The number of hydrogen-bond acceptors (Lipinski definition) is 10. The van der Waals surface area contributed by atoms with Crippen LogP contribution in [0, 0.1) is 28.9 Å². The van der Waals surface area contributed by atoms with Crippen LogP contribution in [0.25, 0.3) is 0 Å². The molecule has 1 aliphatic rings. The molecule has 0 amide bonds. The van der Waals surface area contributed by atoms with Crippen molar-refractivity contribution in [1.29, 1.82) is 0 Å². The van der Waals surface area contributed by atoms with Gasteiger partial charge in [0.25, 0.3) is 15.7 Å². The molecule has 3 rings (SSSR count). The second kappa shape index (κ2) is 12.0. The number of non-ortho nitro benzene ring substituents is 1. The standard InChI is InChI=1S/C30H39N3O9S/c1-18-12-14-21(15-13-18)43(39,40)32-31-22-17-30(8,36)25(27(35)42-29(5,6)7)23(24(22)26(34)41-28(2,3)4)19-10-9-11-20(16-19)33(37)38/h9-16,23-25,32,36H,17H2,1-8H3/b31-22-/t23-,24-,25-,30-/m0/s1. The van der Waals surface area contributed by atoms with Crippen LogP contribution in [0.1, 0.15) is 71.9 Å². The first-order valence-electron chi connectivity index (χ1n) is 13.7. The molecule has 0 unspecified atom stereocenters. The number of ether oxygens (including phenoxy) is 2. The molecular formula is C30H39N3O9S. The molecule has 2 aromatic rings. The van der Waals surface area contributed by atoms with Gasteiger partial charge in [0.1, 0.15) is 17.1 Å². The van der Waals surface area contributed by atoms with E-state index in [-0.39, 0.29) is 21.9 Å². The van der Waals surface area contributed by atoms with E-state index in [2.05, 4.69) is 9.93 Å². The number of sulfonamides is 1. The minimum absolute atomic E-state index is 0.0827. The van der Waals surface area contributed by atoms with Gasteiger partial charge in [-0.2, -0.15) is 13.5 Å². The molecule has 43 heavy (non-hydrogen) atoms. The van der Waals surface area contributed by atoms with E-state index in [1.165, 1.54) is 43.3 Å². The van der Waals surface area contributed by atoms with Crippen molar-refractivity contribution in [3.8, 4) is 0 Å². The van der Waals surface area contributed by atoms with E-state index in [1.54, 1.807) is 60.6 Å². The number of carbonyl (C=O) groups excluding carboxylic acids is 2. The molecule has 13 heteroatoms. The highest BCUT2D eigenvalue weighted by molar-refractivity contribution is 7.89. The number of hydrazone groups is 1. The van der Waals surface area contributed by atoms with Crippen molar-refractivity contribution in [2.75, 3.05) is 0 Å². The largest absolute Gasteiger partial charge is 0.460 e. The molecule has 1 aliphatic carbocycles. The van der Waals surface area contributed by atoms with Crippen LogP contribution in [0.4, 0.5) is 5.69 Å². The number of nitrogens with zero attached hydrogens (tertiary/aromatic N) is 2. The third-order valence-electron chi connectivity index (χ3n) is 6.71. The Morgan fingerprint density at radius 1 is 1.02 bits per heavy atom. The van der Waals surface area contributed by atoms with Gasteiger partial charge in [0.2, 0.25) is 0 Å². The Kier molecular flexibility index (Phi) is 9.42. The number of esters is 2. The first kappa shape index (κ1) is 33.7. The van der Waals surface area contributed by atoms with E-state index in [0.717, 1.165) is 5.56 Å². The van der Waals surface area contributed by atoms with E-state index in [1.807, 2.05) is 0 Å². The zero-order valence-electron chi connectivity index (χ0n) is 25.6. The molecule has 1 saturated carbocycles. The molecule has 0 spiro atoms. The maximum Gasteiger partial charge on any atom is 0.315 e. The Morgan fingerprint density at radius 3 is 2.12 bits per heavy atom. The number of nitrogens with one attached hydrogen (secondary N) is 1. The van der Waals surface area contributed by atoms with Crippen molar-refractivity contribution in [2.45, 2.75) is 89.4 Å². The van der Waals surface area contributed by atoms with Crippen LogP contribution in [0.3, 0.4) is 0 Å². The zero-order chi connectivity index (χ0) is 32.5. The number of aliphatic hydroxyl groups is 1. The van der Waals surface area contributed by atoms with E-state index < -0.39 is 67.9 Å². The summed E-state index contributed by atoms with van der Waals surface area (Å²) in [6.07, 6.45) is -0.414. The normalized spacial score (nSPS) is 23.8. The zero-order valence-corrected chi connectivity index (χ0v) is 26.4. The topological polar surface area (TPSA) is 174 Å². The van der Waals surface area contributed by atoms with Crippen molar-refractivity contribution in [3.63, 3.8) is 0 Å². The molecule has 4 atom stereocenters. The summed E-state index contributed by atoms with van der Waals surface area (Å²) in [5.41, 5.74) is -3.33. The summed E-state index contributed by atoms with van der Waals surface area (Å²) < 4.78 is 37.6. The van der Waals surface area contributed by atoms with Crippen LogP contribution in [0.15, 0.2) is 58.5 Å². The first-order valence-corrected chi connectivity index (χ1v) is 15.2. The fraction of sp³-hybridized carbons (Fsp3) is 0.500. The summed E-state index contributed by atoms with van der Waals surface area (Å²) >= 11 is 0. The summed E-state index contributed by atoms with van der Waals surface area (Å²) in [5.74, 6) is -5.84.